The fourth-order valence-corrected chi connectivity index (χ4v) is 4.38. The molecule has 0 spiro atoms. The molecule has 5 aromatic rings. The number of H-pyrrole nitrogens is 1. The first-order valence-electron chi connectivity index (χ1n) is 11.5. The molecule has 5 rings (SSSR count). The molecule has 9 nitrogen and oxygen atoms in total. The minimum Gasteiger partial charge on any atom is -0.475 e. The van der Waals surface area contributed by atoms with Crippen molar-refractivity contribution in [1.29, 1.82) is 5.26 Å². The number of carboxylic acids is 1. The molecule has 3 heterocycles. The number of nitrogens with two attached hydrogens (primary N) is 1. The normalized spacial score (nSPS) is 11.4. The van der Waals surface area contributed by atoms with Crippen LogP contribution in [0.25, 0.3) is 38.8 Å². The maximum absolute atomic E-state index is 13.1. The fraction of sp³-hybridized carbons (Fsp3) is 0.192. The molecule has 0 radical (unpaired) electrons. The molecule has 0 bridgehead atoms. The average Bonchev–Trinajstić information content (AvgIpc) is 3.53. The molecule has 12 heteroatoms. The summed E-state index contributed by atoms with van der Waals surface area (Å²) < 4.78 is 37.5. The Morgan fingerprint density at radius 3 is 2.29 bits per heavy atom. The molecule has 38 heavy (non-hydrogen) atoms. The highest BCUT2D eigenvalue weighted by Crippen LogP contribution is 2.35. The molecule has 0 amide bonds. The predicted molar refractivity (Wildman–Crippen MR) is 136 cm³/mol. The van der Waals surface area contributed by atoms with Crippen LogP contribution >= 0.6 is 0 Å². The van der Waals surface area contributed by atoms with Gasteiger partial charge in [-0.1, -0.05) is 36.4 Å². The number of carboxylic acid groups (broad SMARTS) is 1. The molecular formula is C26H23F3N6O3. The van der Waals surface area contributed by atoms with Gasteiger partial charge in [-0.2, -0.15) is 18.4 Å². The van der Waals surface area contributed by atoms with Gasteiger partial charge in [0, 0.05) is 53.4 Å². The van der Waals surface area contributed by atoms with Crippen molar-refractivity contribution in [1.82, 2.24) is 18.7 Å². The lowest BCUT2D eigenvalue weighted by Gasteiger charge is -2.06. The number of nitrogens with zero attached hydrogens (tertiary/aromatic N) is 4. The van der Waals surface area contributed by atoms with Crippen LogP contribution in [0.3, 0.4) is 0 Å². The number of hydrogen-bond acceptors (Lipinski definition) is 4. The summed E-state index contributed by atoms with van der Waals surface area (Å²) >= 11 is 0. The largest absolute Gasteiger partial charge is 0.490 e. The third kappa shape index (κ3) is 4.79. The number of fused-ring (bicyclic) bond motifs is 2. The van der Waals surface area contributed by atoms with E-state index in [-0.39, 0.29) is 11.4 Å². The number of carbonyl (C=O) groups is 1. The van der Waals surface area contributed by atoms with Gasteiger partial charge in [-0.25, -0.2) is 9.59 Å². The van der Waals surface area contributed by atoms with E-state index in [0.29, 0.717) is 12.2 Å². The van der Waals surface area contributed by atoms with Gasteiger partial charge in [0.1, 0.15) is 11.8 Å². The minimum atomic E-state index is -5.08. The Morgan fingerprint density at radius 1 is 1.08 bits per heavy atom. The zero-order chi connectivity index (χ0) is 27.6. The number of benzene rings is 2. The average molecular weight is 525 g/mol. The molecule has 0 saturated heterocycles. The van der Waals surface area contributed by atoms with E-state index >= 15 is 0 Å². The lowest BCUT2D eigenvalue weighted by atomic mass is 10.1. The number of nitrogens with one attached hydrogen (secondary N) is 1. The zero-order valence-corrected chi connectivity index (χ0v) is 20.2. The van der Waals surface area contributed by atoms with Gasteiger partial charge in [0.05, 0.1) is 11.4 Å². The fourth-order valence-electron chi connectivity index (χ4n) is 4.38. The molecule has 196 valence electrons. The lowest BCUT2D eigenvalue weighted by Crippen LogP contribution is -2.21. The van der Waals surface area contributed by atoms with Crippen molar-refractivity contribution in [2.24, 2.45) is 12.8 Å². The van der Waals surface area contributed by atoms with E-state index in [1.807, 2.05) is 66.5 Å². The molecule has 4 N–H and O–H groups in total. The zero-order valence-electron chi connectivity index (χ0n) is 20.2. The van der Waals surface area contributed by atoms with Crippen LogP contribution in [-0.2, 0) is 18.4 Å². The Balaban J connectivity index is 0.000000426. The number of alkyl halides is 3. The monoisotopic (exact) mass is 524 g/mol. The molecule has 0 saturated carbocycles. The summed E-state index contributed by atoms with van der Waals surface area (Å²) in [6.07, 6.45) is -0.296. The Labute approximate surface area is 213 Å². The van der Waals surface area contributed by atoms with E-state index in [9.17, 15) is 23.2 Å². The Bertz CT molecular complexity index is 1730. The van der Waals surface area contributed by atoms with Crippen LogP contribution in [0.4, 0.5) is 13.2 Å². The molecule has 0 aliphatic carbocycles. The second kappa shape index (κ2) is 10.3. The predicted octanol–water partition coefficient (Wildman–Crippen LogP) is 4.13. The summed E-state index contributed by atoms with van der Waals surface area (Å²) in [5.41, 5.74) is 9.88. The van der Waals surface area contributed by atoms with Crippen LogP contribution in [0.1, 0.15) is 12.1 Å². The van der Waals surface area contributed by atoms with Gasteiger partial charge in [-0.3, -0.25) is 9.55 Å². The minimum absolute atomic E-state index is 0.250. The van der Waals surface area contributed by atoms with Crippen molar-refractivity contribution in [2.75, 3.05) is 6.54 Å². The standard InChI is InChI=1S/C24H22N6O.C2HF3O2/c1-28-15-22(17-8-3-4-9-20(17)28)30-23(19(13-26)27-24(30)31)18-14-29(12-6-11-25)21-10-5-2-7-16(18)21;3-2(4,5)1(6)7/h2-5,7-10,14-15H,6,11-12,25H2,1H3,(H,27,31);(H,6,7). The smallest absolute Gasteiger partial charge is 0.475 e. The summed E-state index contributed by atoms with van der Waals surface area (Å²) in [5.74, 6) is -2.76. The van der Waals surface area contributed by atoms with Crippen LogP contribution in [-0.4, -0.2) is 42.5 Å². The van der Waals surface area contributed by atoms with Gasteiger partial charge >= 0.3 is 17.8 Å². The van der Waals surface area contributed by atoms with Crippen LogP contribution < -0.4 is 11.4 Å². The Hall–Kier alpha value is -4.76. The van der Waals surface area contributed by atoms with Crippen LogP contribution in [0.15, 0.2) is 65.7 Å². The lowest BCUT2D eigenvalue weighted by molar-refractivity contribution is -0.192. The molecule has 0 aliphatic heterocycles. The van der Waals surface area contributed by atoms with E-state index in [2.05, 4.69) is 21.7 Å². The van der Waals surface area contributed by atoms with Crippen molar-refractivity contribution >= 4 is 27.8 Å². The number of aliphatic carboxylic acids is 1. The second-order valence-corrected chi connectivity index (χ2v) is 8.44. The number of aromatic nitrogens is 4. The van der Waals surface area contributed by atoms with Crippen molar-refractivity contribution in [3.63, 3.8) is 0 Å². The molecule has 0 fully saturated rings. The third-order valence-corrected chi connectivity index (χ3v) is 6.01. The first-order valence-corrected chi connectivity index (χ1v) is 11.5. The molecule has 2 aromatic carbocycles. The molecule has 0 atom stereocenters. The Morgan fingerprint density at radius 2 is 1.68 bits per heavy atom. The van der Waals surface area contributed by atoms with Crippen molar-refractivity contribution in [3.8, 4) is 23.0 Å². The SMILES string of the molecule is Cn1cc(-n2c(-c3cn(CCCN)c4ccccc34)c(C#N)[nH]c2=O)c2ccccc21.O=C(O)C(F)(F)F. The highest BCUT2D eigenvalue weighted by molar-refractivity contribution is 5.98. The van der Waals surface area contributed by atoms with Crippen LogP contribution in [0.5, 0.6) is 0 Å². The number of para-hydroxylation sites is 2. The second-order valence-electron chi connectivity index (χ2n) is 8.44. The van der Waals surface area contributed by atoms with Crippen molar-refractivity contribution in [2.45, 2.75) is 19.1 Å². The van der Waals surface area contributed by atoms with Crippen LogP contribution in [0, 0.1) is 11.3 Å². The topological polar surface area (TPSA) is 135 Å². The molecule has 0 aliphatic rings. The van der Waals surface area contributed by atoms with E-state index in [4.69, 9.17) is 15.6 Å². The van der Waals surface area contributed by atoms with E-state index in [1.165, 1.54) is 0 Å². The number of halogens is 3. The van der Waals surface area contributed by atoms with Gasteiger partial charge in [0.25, 0.3) is 0 Å². The van der Waals surface area contributed by atoms with Gasteiger partial charge in [0.15, 0.2) is 0 Å². The first-order chi connectivity index (χ1) is 18.1. The van der Waals surface area contributed by atoms with E-state index in [1.54, 1.807) is 4.57 Å². The Kier molecular flexibility index (Phi) is 7.14. The maximum Gasteiger partial charge on any atom is 0.490 e. The first kappa shape index (κ1) is 26.3. The number of aromatic amines is 1. The quantitative estimate of drug-likeness (QED) is 0.318. The van der Waals surface area contributed by atoms with Crippen LogP contribution in [0.2, 0.25) is 0 Å². The van der Waals surface area contributed by atoms with Gasteiger partial charge in [-0.05, 0) is 25.1 Å². The van der Waals surface area contributed by atoms with E-state index < -0.39 is 12.1 Å². The summed E-state index contributed by atoms with van der Waals surface area (Å²) in [7, 11) is 1.95. The molecule has 3 aromatic heterocycles. The molecular weight excluding hydrogens is 501 g/mol. The number of imidazole rings is 1. The van der Waals surface area contributed by atoms with E-state index in [0.717, 1.165) is 46.0 Å². The maximum atomic E-state index is 13.1. The number of nitriles is 1. The number of rotatable bonds is 5. The van der Waals surface area contributed by atoms with Gasteiger partial charge < -0.3 is 20.0 Å². The molecule has 0 unspecified atom stereocenters. The summed E-state index contributed by atoms with van der Waals surface area (Å²) in [6, 6.07) is 18.1. The number of aryl methyl sites for hydroxylation is 2. The van der Waals surface area contributed by atoms with Crippen molar-refractivity contribution in [3.05, 3.63) is 77.1 Å². The summed E-state index contributed by atoms with van der Waals surface area (Å²) in [4.78, 5) is 24.7. The highest BCUT2D eigenvalue weighted by atomic mass is 19.4. The third-order valence-electron chi connectivity index (χ3n) is 6.01. The van der Waals surface area contributed by atoms with Crippen molar-refractivity contribution < 1.29 is 23.1 Å². The number of hydrogen-bond donors (Lipinski definition) is 3. The van der Waals surface area contributed by atoms with Gasteiger partial charge in [-0.15, -0.1) is 0 Å². The summed E-state index contributed by atoms with van der Waals surface area (Å²) in [6.45, 7) is 1.36. The van der Waals surface area contributed by atoms with Gasteiger partial charge in [0.2, 0.25) is 0 Å². The highest BCUT2D eigenvalue weighted by Gasteiger charge is 2.38. The summed E-state index contributed by atoms with van der Waals surface area (Å²) in [5, 5.41) is 18.9.